The number of fused-ring (bicyclic) bond motifs is 1. The van der Waals surface area contributed by atoms with E-state index in [1.54, 1.807) is 143 Å². The molecule has 0 aliphatic carbocycles. The number of phenolic OH excluding ortho intramolecular Hbond substituents is 1. The molecule has 2 aliphatic heterocycles. The normalized spacial score (nSPS) is 17.0. The molecule has 6 aromatic carbocycles. The maximum Gasteiger partial charge on any atom is 0.305 e. The van der Waals surface area contributed by atoms with Gasteiger partial charge >= 0.3 is 5.97 Å². The molecule has 2 fully saturated rings. The van der Waals surface area contributed by atoms with E-state index in [0.717, 1.165) is 48.3 Å². The number of halogens is 2. The zero-order valence-corrected chi connectivity index (χ0v) is 78.9. The van der Waals surface area contributed by atoms with E-state index < -0.39 is 247 Å². The summed E-state index contributed by atoms with van der Waals surface area (Å²) in [6.07, 6.45) is -3.79. The number of aliphatic carboxylic acids is 1. The van der Waals surface area contributed by atoms with Gasteiger partial charge in [-0.1, -0.05) is 137 Å². The number of ether oxygens (including phenoxy) is 2. The van der Waals surface area contributed by atoms with Gasteiger partial charge in [-0.05, 0) is 107 Å². The Morgan fingerprint density at radius 2 is 1.07 bits per heavy atom. The molecule has 38 nitrogen and oxygen atoms in total. The molecule has 7 aromatic rings. The lowest BCUT2D eigenvalue weighted by Crippen LogP contribution is -2.61. The van der Waals surface area contributed by atoms with Gasteiger partial charge < -0.3 is 118 Å². The highest BCUT2D eigenvalue weighted by Gasteiger charge is 2.48. The number of aldehydes is 1. The minimum absolute atomic E-state index is 0.0435. The van der Waals surface area contributed by atoms with Crippen LogP contribution < -0.4 is 58.7 Å². The van der Waals surface area contributed by atoms with E-state index in [4.69, 9.17) is 20.9 Å². The summed E-state index contributed by atoms with van der Waals surface area (Å²) in [7, 11) is 6.59. The minimum atomic E-state index is -1.90. The Morgan fingerprint density at radius 1 is 0.551 bits per heavy atom. The number of amides is 14. The fraction of sp³-hybridized carbons (Fsp3) is 0.443. The Morgan fingerprint density at radius 3 is 1.65 bits per heavy atom. The average Bonchev–Trinajstić information content (AvgIpc) is 1.60. The van der Waals surface area contributed by atoms with Crippen molar-refractivity contribution in [3.8, 4) is 11.5 Å². The third kappa shape index (κ3) is 30.6. The zero-order valence-electron chi connectivity index (χ0n) is 78.1. The van der Waals surface area contributed by atoms with Crippen LogP contribution in [-0.4, -0.2) is 309 Å². The number of carboxylic acid groups (broad SMARTS) is 1. The predicted molar refractivity (Wildman–Crippen MR) is 503 cm³/mol. The van der Waals surface area contributed by atoms with Gasteiger partial charge in [-0.15, -0.1) is 11.8 Å². The molecule has 0 saturated carbocycles. The van der Waals surface area contributed by atoms with Gasteiger partial charge in [0.05, 0.1) is 50.1 Å². The maximum atomic E-state index is 15.6. The summed E-state index contributed by atoms with van der Waals surface area (Å²) in [5.74, 6) is -19.3. The highest BCUT2D eigenvalue weighted by molar-refractivity contribution is 8.00. The van der Waals surface area contributed by atoms with Crippen molar-refractivity contribution in [2.75, 3.05) is 73.1 Å². The number of aromatic hydroxyl groups is 1. The Bertz CT molecular complexity index is 5440. The summed E-state index contributed by atoms with van der Waals surface area (Å²) >= 11 is 0.700. The summed E-state index contributed by atoms with van der Waals surface area (Å²) in [5.41, 5.74) is 15.3. The number of rotatable bonds is 50. The number of thioether (sulfide) groups is 1. The topological polar surface area (TPSA) is 553 Å². The van der Waals surface area contributed by atoms with Crippen LogP contribution in [0.1, 0.15) is 93.2 Å². The first-order valence-corrected chi connectivity index (χ1v) is 46.2. The number of carbonyl (C=O) groups excluding carboxylic acids is 15. The maximum absolute atomic E-state index is 15.6. The Kier molecular flexibility index (Phi) is 40.2. The molecule has 17 N–H and O–H groups in total. The Hall–Kier alpha value is -13.8. The third-order valence-corrected chi connectivity index (χ3v) is 25.0. The second kappa shape index (κ2) is 51.4. The first kappa shape index (κ1) is 108. The van der Waals surface area contributed by atoms with Crippen LogP contribution in [0.3, 0.4) is 0 Å². The van der Waals surface area contributed by atoms with Crippen molar-refractivity contribution in [1.82, 2.24) is 72.0 Å². The van der Waals surface area contributed by atoms with Gasteiger partial charge in [0.25, 0.3) is 0 Å². The van der Waals surface area contributed by atoms with E-state index in [0.29, 0.717) is 57.0 Å². The number of aliphatic hydroxyl groups excluding tert-OH is 2. The van der Waals surface area contributed by atoms with Crippen molar-refractivity contribution >= 4 is 118 Å². The molecule has 15 atom stereocenters. The number of likely N-dealkylation sites (tertiary alicyclic amines) is 2. The molecule has 2 saturated heterocycles. The van der Waals surface area contributed by atoms with Crippen molar-refractivity contribution in [1.29, 1.82) is 0 Å². The van der Waals surface area contributed by atoms with Crippen LogP contribution in [0.2, 0.25) is 0 Å². The quantitative estimate of drug-likeness (QED) is 0.0234. The van der Waals surface area contributed by atoms with Gasteiger partial charge in [0.2, 0.25) is 82.7 Å². The number of nitrogens with zero attached hydrogens (tertiary/aromatic N) is 5. The molecule has 9 rings (SSSR count). The van der Waals surface area contributed by atoms with Gasteiger partial charge in [0.1, 0.15) is 84.2 Å². The lowest BCUT2D eigenvalue weighted by atomic mass is 9.99. The van der Waals surface area contributed by atoms with E-state index >= 15 is 28.4 Å². The fourth-order valence-corrected chi connectivity index (χ4v) is 17.3. The van der Waals surface area contributed by atoms with Gasteiger partial charge in [0.15, 0.2) is 11.6 Å². The number of β-amino-alcohol motifs (C(OH)–C–C–N with tert-alkyl or cyclic N) is 2. The molecule has 0 spiro atoms. The van der Waals surface area contributed by atoms with Crippen molar-refractivity contribution in [2.24, 2.45) is 23.3 Å². The molecule has 41 heteroatoms. The number of hydrogen-bond acceptors (Lipinski definition) is 23. The number of aromatic nitrogens is 1. The monoisotopic (exact) mass is 1930 g/mol. The molecular formula is C97H122F2N16O22S. The van der Waals surface area contributed by atoms with Crippen LogP contribution >= 0.6 is 11.8 Å². The average molecular weight is 1930 g/mol. The number of nitrogens with one attached hydrogen (secondary N) is 9. The first-order valence-electron chi connectivity index (χ1n) is 45.1. The van der Waals surface area contributed by atoms with Gasteiger partial charge in [-0.25, -0.2) is 8.78 Å². The van der Waals surface area contributed by atoms with E-state index in [2.05, 4.69) is 47.5 Å². The van der Waals surface area contributed by atoms with Crippen LogP contribution in [0.4, 0.5) is 8.78 Å². The third-order valence-electron chi connectivity index (χ3n) is 24.0. The van der Waals surface area contributed by atoms with Crippen molar-refractivity contribution in [3.63, 3.8) is 0 Å². The molecule has 0 bridgehead atoms. The number of aliphatic hydroxyl groups is 2. The van der Waals surface area contributed by atoms with Crippen LogP contribution in [0.5, 0.6) is 11.5 Å². The standard InChI is InChI=1S/C97H122F2N16O22S/c1-54(2)36-72(105-88(126)73(40-59-24-29-63(117)30-25-59)106-89(127)74(43-61-47-102-71-23-17-16-22-67(61)71)107-91(129)79-44-64(118)49-114(79)93(131)70(100)39-58-26-31-66(137-9)32-27-58)87(125)109-77(86(124)103-48-82(101)120)52-138-53-83(121)104-76(41-60-28-33-68(98)69(99)38-60)94(132)113(7)81(42-57-20-14-11-15-21-57)95(133)112(6)78(34-35-136-8)96(134)115-50-65(119)45-80(115)92(130)108-75(46-84(122)123)90(128)110-85(55(3)4)97(135)111(5)62(51-116)37-56-18-12-10-13-19-56/h10-33,38,47,51,54-55,62,64-65,70,72-81,85,102,117-119H,34-37,39-46,48-50,52-53,100H2,1-9H3,(H2,101,120)(H,103,124)(H,104,121)(H,105,126)(H,106,127)(H,107,129)(H,108,130)(H,109,125)(H,110,128)(H,122,123)/t62-,64+,65+,70+,72+,73+,74+,75+,76+,77+,78+,79-,80-,81+,85+/m1/s1. The number of likely N-dealkylation sites (N-methyl/N-ethyl adjacent to an activating group) is 3. The molecule has 2 aliphatic rings. The Balaban J connectivity index is 0.930. The highest BCUT2D eigenvalue weighted by Crippen LogP contribution is 2.28. The number of nitrogens with two attached hydrogens (primary N) is 2. The molecule has 3 heterocycles. The highest BCUT2D eigenvalue weighted by atomic mass is 32.2. The fourth-order valence-electron chi connectivity index (χ4n) is 16.5. The Labute approximate surface area is 800 Å². The summed E-state index contributed by atoms with van der Waals surface area (Å²) < 4.78 is 40.5. The van der Waals surface area contributed by atoms with Gasteiger partial charge in [-0.3, -0.25) is 71.9 Å². The number of aromatic amines is 1. The smallest absolute Gasteiger partial charge is 0.305 e. The molecule has 138 heavy (non-hydrogen) atoms. The lowest BCUT2D eigenvalue weighted by Gasteiger charge is -2.37. The number of para-hydroxylation sites is 1. The second-order valence-corrected chi connectivity index (χ2v) is 36.2. The van der Waals surface area contributed by atoms with E-state index in [1.807, 2.05) is 0 Å². The molecule has 742 valence electrons. The second-order valence-electron chi connectivity index (χ2n) is 35.2. The number of carbonyl (C=O) groups is 16. The van der Waals surface area contributed by atoms with E-state index in [-0.39, 0.29) is 75.8 Å². The number of hydrogen-bond donors (Lipinski definition) is 15. The molecule has 14 amide bonds. The van der Waals surface area contributed by atoms with Crippen molar-refractivity contribution in [3.05, 3.63) is 203 Å². The molecule has 0 unspecified atom stereocenters. The number of primary amides is 1. The molecule has 0 radical (unpaired) electrons. The van der Waals surface area contributed by atoms with Crippen LogP contribution in [0.15, 0.2) is 158 Å². The van der Waals surface area contributed by atoms with Gasteiger partial charge in [-0.2, -0.15) is 0 Å². The van der Waals surface area contributed by atoms with Crippen molar-refractivity contribution in [2.45, 2.75) is 189 Å². The van der Waals surface area contributed by atoms with Crippen LogP contribution in [0, 0.1) is 23.5 Å². The number of methoxy groups -OCH3 is 2. The zero-order chi connectivity index (χ0) is 101. The first-order chi connectivity index (χ1) is 65.6. The summed E-state index contributed by atoms with van der Waals surface area (Å²) in [5, 5.41) is 64.1. The van der Waals surface area contributed by atoms with Crippen LogP contribution in [-0.2, 0) is 120 Å². The summed E-state index contributed by atoms with van der Waals surface area (Å²) in [6.45, 7) is 4.82. The van der Waals surface area contributed by atoms with Crippen LogP contribution in [0.25, 0.3) is 10.9 Å². The largest absolute Gasteiger partial charge is 0.508 e. The molecular weight excluding hydrogens is 1810 g/mol. The SMILES string of the molecule is COCC[C@@H](C(=O)N1C[C@@H](O)C[C@@H]1C(=O)N[C@@H](CC(=O)O)C(=O)N[C@H](C(=O)N(C)[C@@H](C=O)Cc1ccccc1)C(C)C)N(C)C(=O)[C@H](Cc1ccccc1)N(C)C(=O)[C@H](Cc1ccc(F)c(F)c1)NC(=O)CSC[C@H](NC(=O)[C@H](CC(C)C)NC(=O)[C@H](Cc1ccc(O)cc1)NC(=O)[C@H](Cc1c[nH]c2ccccc12)NC(=O)[C@H]1C[C@H](O)CN1C(=O)[C@@H](N)Cc1ccc(OC)cc1)C(=O)NCC(N)=O. The number of H-pyrrole nitrogens is 1. The predicted octanol–water partition coefficient (Wildman–Crippen LogP) is 0.789. The van der Waals surface area contributed by atoms with E-state index in [9.17, 15) is 77.6 Å². The lowest BCUT2D eigenvalue weighted by molar-refractivity contribution is -0.153. The van der Waals surface area contributed by atoms with Crippen molar-refractivity contribution < 1.29 is 115 Å². The summed E-state index contributed by atoms with van der Waals surface area (Å²) in [4.78, 5) is 238. The number of benzene rings is 6. The van der Waals surface area contributed by atoms with E-state index in [1.165, 1.54) is 59.6 Å². The molecule has 1 aromatic heterocycles. The summed E-state index contributed by atoms with van der Waals surface area (Å²) in [6, 6.07) is 19.5. The number of phenols is 1. The van der Waals surface area contributed by atoms with Gasteiger partial charge in [0, 0.05) is 116 Å². The minimum Gasteiger partial charge on any atom is -0.508 e. The number of carboxylic acids is 1.